The van der Waals surface area contributed by atoms with Crippen LogP contribution in [0.2, 0.25) is 13.3 Å². The van der Waals surface area contributed by atoms with Gasteiger partial charge < -0.3 is 0 Å². The van der Waals surface area contributed by atoms with E-state index < -0.39 is 18.4 Å². The molecular formula is C23H40OSn. The second kappa shape index (κ2) is 11.6. The van der Waals surface area contributed by atoms with Gasteiger partial charge >= 0.3 is 161 Å². The molecule has 0 unspecified atom stereocenters. The minimum absolute atomic E-state index is 0.731. The molecule has 1 aromatic carbocycles. The molecule has 25 heavy (non-hydrogen) atoms. The Kier molecular flexibility index (Phi) is 9.91. The Morgan fingerprint density at radius 2 is 1.28 bits per heavy atom. The molecule has 1 saturated heterocycles. The van der Waals surface area contributed by atoms with Crippen molar-refractivity contribution in [1.29, 1.82) is 0 Å². The molecule has 1 aliphatic heterocycles. The summed E-state index contributed by atoms with van der Waals surface area (Å²) in [7, 11) is 0. The molecule has 2 rings (SSSR count). The number of benzene rings is 1. The summed E-state index contributed by atoms with van der Waals surface area (Å²) in [6.45, 7) is 8.98. The quantitative estimate of drug-likeness (QED) is 0.343. The average Bonchev–Trinajstić information content (AvgIpc) is 2.68. The van der Waals surface area contributed by atoms with Crippen LogP contribution in [0.25, 0.3) is 0 Å². The molecule has 1 aliphatic rings. The van der Waals surface area contributed by atoms with Crippen LogP contribution in [0.4, 0.5) is 0 Å². The Morgan fingerprint density at radius 1 is 0.800 bits per heavy atom. The predicted molar refractivity (Wildman–Crippen MR) is 114 cm³/mol. The van der Waals surface area contributed by atoms with Gasteiger partial charge in [-0.25, -0.2) is 0 Å². The number of unbranched alkanes of at least 4 members (excludes halogenated alkanes) is 3. The molecule has 1 aromatic rings. The van der Waals surface area contributed by atoms with Crippen LogP contribution in [0.1, 0.15) is 83.6 Å². The van der Waals surface area contributed by atoms with Gasteiger partial charge in [0, 0.05) is 0 Å². The molecule has 0 amide bonds. The molecule has 0 bridgehead atoms. The van der Waals surface area contributed by atoms with Gasteiger partial charge in [-0.15, -0.1) is 0 Å². The third-order valence-corrected chi connectivity index (χ3v) is 21.9. The zero-order valence-corrected chi connectivity index (χ0v) is 19.8. The van der Waals surface area contributed by atoms with Crippen molar-refractivity contribution in [2.45, 2.75) is 91.4 Å². The Balaban J connectivity index is 2.20. The van der Waals surface area contributed by atoms with Crippen molar-refractivity contribution in [2.24, 2.45) is 0 Å². The van der Waals surface area contributed by atoms with E-state index in [0.717, 1.165) is 19.1 Å². The van der Waals surface area contributed by atoms with Gasteiger partial charge in [0.1, 0.15) is 0 Å². The average molecular weight is 451 g/mol. The summed E-state index contributed by atoms with van der Waals surface area (Å²) < 4.78 is 12.1. The first-order valence-corrected chi connectivity index (χ1v) is 18.4. The molecule has 0 saturated carbocycles. The van der Waals surface area contributed by atoms with E-state index in [2.05, 4.69) is 45.0 Å². The van der Waals surface area contributed by atoms with Gasteiger partial charge in [0.25, 0.3) is 0 Å². The standard InChI is InChI=1S/C11H13O.3C4H9.Sn/c1-2-4-10(5-3-1)11-6-8-12-9-7-11;3*1-3-4-2;/h2-5,11H,6-9H2;3*1,3-4H2,2H3;. The fourth-order valence-corrected chi connectivity index (χ4v) is 20.4. The maximum absolute atomic E-state index is 5.54. The fourth-order valence-electron chi connectivity index (χ4n) is 4.49. The Labute approximate surface area is 160 Å². The van der Waals surface area contributed by atoms with E-state index in [1.807, 2.05) is 3.58 Å². The van der Waals surface area contributed by atoms with Crippen molar-refractivity contribution in [3.05, 3.63) is 29.8 Å². The van der Waals surface area contributed by atoms with E-state index >= 15 is 0 Å². The molecule has 0 aromatic heterocycles. The third-order valence-electron chi connectivity index (χ3n) is 6.24. The molecule has 1 heterocycles. The summed E-state index contributed by atoms with van der Waals surface area (Å²) in [6, 6.07) is 10.1. The molecule has 0 radical (unpaired) electrons. The minimum atomic E-state index is -2.22. The fraction of sp³-hybridized carbons (Fsp3) is 0.739. The van der Waals surface area contributed by atoms with Crippen molar-refractivity contribution in [3.63, 3.8) is 0 Å². The Hall–Kier alpha value is -0.0213. The molecule has 0 N–H and O–H groups in total. The second-order valence-electron chi connectivity index (χ2n) is 8.10. The van der Waals surface area contributed by atoms with E-state index in [4.69, 9.17) is 4.74 Å². The van der Waals surface area contributed by atoms with E-state index in [1.54, 1.807) is 18.9 Å². The molecule has 142 valence electrons. The van der Waals surface area contributed by atoms with Crippen molar-refractivity contribution < 1.29 is 4.74 Å². The van der Waals surface area contributed by atoms with Gasteiger partial charge in [0.15, 0.2) is 0 Å². The summed E-state index contributed by atoms with van der Waals surface area (Å²) in [5.41, 5.74) is 1.56. The van der Waals surface area contributed by atoms with Crippen molar-refractivity contribution >= 4 is 22.0 Å². The van der Waals surface area contributed by atoms with Gasteiger partial charge in [-0.05, 0) is 0 Å². The summed E-state index contributed by atoms with van der Waals surface area (Å²) in [5.74, 6) is 0.731. The van der Waals surface area contributed by atoms with Crippen LogP contribution in [0.3, 0.4) is 0 Å². The van der Waals surface area contributed by atoms with Crippen LogP contribution in [0, 0.1) is 0 Å². The molecule has 0 atom stereocenters. The summed E-state index contributed by atoms with van der Waals surface area (Å²) >= 11 is -2.22. The van der Waals surface area contributed by atoms with Crippen LogP contribution in [0.15, 0.2) is 24.3 Å². The third kappa shape index (κ3) is 6.27. The SMILES string of the molecule is CCC[CH2][Sn]([CH2]CCC)([CH2]CCC)[c]1ccc(C2CCOCC2)cc1. The molecule has 0 spiro atoms. The van der Waals surface area contributed by atoms with Crippen LogP contribution in [0.5, 0.6) is 0 Å². The van der Waals surface area contributed by atoms with Crippen LogP contribution in [-0.2, 0) is 4.74 Å². The first-order valence-electron chi connectivity index (χ1n) is 10.9. The van der Waals surface area contributed by atoms with Gasteiger partial charge in [-0.2, -0.15) is 0 Å². The monoisotopic (exact) mass is 452 g/mol. The molecule has 1 nitrogen and oxygen atoms in total. The second-order valence-corrected chi connectivity index (χ2v) is 21.3. The zero-order valence-electron chi connectivity index (χ0n) is 17.0. The normalized spacial score (nSPS) is 16.3. The van der Waals surface area contributed by atoms with Crippen molar-refractivity contribution in [1.82, 2.24) is 0 Å². The number of rotatable bonds is 11. The Bertz CT molecular complexity index is 440. The van der Waals surface area contributed by atoms with Crippen LogP contribution < -0.4 is 3.58 Å². The van der Waals surface area contributed by atoms with Gasteiger partial charge in [-0.3, -0.25) is 0 Å². The van der Waals surface area contributed by atoms with Gasteiger partial charge in [0.05, 0.1) is 0 Å². The first kappa shape index (κ1) is 21.3. The van der Waals surface area contributed by atoms with Crippen LogP contribution >= 0.6 is 0 Å². The number of hydrogen-bond acceptors (Lipinski definition) is 1. The number of hydrogen-bond donors (Lipinski definition) is 0. The zero-order chi connectivity index (χ0) is 18.0. The molecular weight excluding hydrogens is 411 g/mol. The van der Waals surface area contributed by atoms with E-state index in [0.29, 0.717) is 0 Å². The van der Waals surface area contributed by atoms with Gasteiger partial charge in [0.2, 0.25) is 0 Å². The number of ether oxygens (including phenoxy) is 1. The molecule has 0 aliphatic carbocycles. The maximum atomic E-state index is 5.54. The molecule has 1 fully saturated rings. The molecule has 2 heteroatoms. The summed E-state index contributed by atoms with van der Waals surface area (Å²) in [6.07, 6.45) is 10.8. The van der Waals surface area contributed by atoms with Crippen molar-refractivity contribution in [3.8, 4) is 0 Å². The van der Waals surface area contributed by atoms with Crippen molar-refractivity contribution in [2.75, 3.05) is 13.2 Å². The summed E-state index contributed by atoms with van der Waals surface area (Å²) in [5, 5.41) is 0. The Morgan fingerprint density at radius 3 is 1.72 bits per heavy atom. The van der Waals surface area contributed by atoms with E-state index in [9.17, 15) is 0 Å². The topological polar surface area (TPSA) is 9.23 Å². The van der Waals surface area contributed by atoms with Gasteiger partial charge in [-0.1, -0.05) is 0 Å². The van der Waals surface area contributed by atoms with E-state index in [1.165, 1.54) is 51.4 Å². The summed E-state index contributed by atoms with van der Waals surface area (Å²) in [4.78, 5) is 0. The van der Waals surface area contributed by atoms with E-state index in [-0.39, 0.29) is 0 Å². The predicted octanol–water partition coefficient (Wildman–Crippen LogP) is 6.64. The first-order chi connectivity index (χ1) is 12.3. The van der Waals surface area contributed by atoms with Crippen LogP contribution in [-0.4, -0.2) is 31.6 Å².